The van der Waals surface area contributed by atoms with Gasteiger partial charge in [0.25, 0.3) is 0 Å². The third-order valence-corrected chi connectivity index (χ3v) is 6.37. The van der Waals surface area contributed by atoms with Crippen LogP contribution in [-0.2, 0) is 9.53 Å². The maximum absolute atomic E-state index is 12.2. The molecule has 1 N–H and O–H groups in total. The average Bonchev–Trinajstić information content (AvgIpc) is 3.33. The number of pyridine rings is 1. The zero-order valence-electron chi connectivity index (χ0n) is 18.0. The molecule has 2 aromatic rings. The van der Waals surface area contributed by atoms with Crippen LogP contribution in [0.5, 0.6) is 0 Å². The van der Waals surface area contributed by atoms with Crippen molar-refractivity contribution in [3.05, 3.63) is 42.2 Å². The molecule has 2 aliphatic rings. The summed E-state index contributed by atoms with van der Waals surface area (Å²) in [7, 11) is 0. The molecule has 4 rings (SSSR count). The smallest absolute Gasteiger partial charge is 0.249 e. The van der Waals surface area contributed by atoms with Gasteiger partial charge in [0.1, 0.15) is 11.9 Å². The van der Waals surface area contributed by atoms with Crippen molar-refractivity contribution in [2.75, 3.05) is 13.2 Å². The van der Waals surface area contributed by atoms with Gasteiger partial charge in [0.2, 0.25) is 5.91 Å². The Balaban J connectivity index is 1.42. The molecule has 30 heavy (non-hydrogen) atoms. The number of aromatic nitrogens is 3. The topological polar surface area (TPSA) is 77.0 Å². The zero-order valence-corrected chi connectivity index (χ0v) is 18.0. The molecule has 1 unspecified atom stereocenters. The van der Waals surface area contributed by atoms with Gasteiger partial charge in [0.05, 0.1) is 5.69 Å². The van der Waals surface area contributed by atoms with Crippen LogP contribution in [0, 0.1) is 5.92 Å². The van der Waals surface area contributed by atoms with Gasteiger partial charge >= 0.3 is 0 Å². The standard InChI is InChI=1S/C24H32N4O2/c1-16(2)23-26-15-20(18-9-11-25-12-10-18)22(28-23)19-7-5-17(6-8-19)14-27-24(29)21-4-3-13-30-21/h9-12,15-17,19,21H,3-8,13-14H2,1-2H3,(H,27,29). The van der Waals surface area contributed by atoms with E-state index < -0.39 is 0 Å². The Labute approximate surface area is 178 Å². The second-order valence-corrected chi connectivity index (χ2v) is 8.88. The summed E-state index contributed by atoms with van der Waals surface area (Å²) in [5.74, 6) is 2.24. The lowest BCUT2D eigenvalue weighted by Gasteiger charge is -2.30. The summed E-state index contributed by atoms with van der Waals surface area (Å²) in [6.45, 7) is 5.74. The Morgan fingerprint density at radius 1 is 1.17 bits per heavy atom. The van der Waals surface area contributed by atoms with Gasteiger partial charge in [-0.25, -0.2) is 9.97 Å². The molecular weight excluding hydrogens is 376 g/mol. The highest BCUT2D eigenvalue weighted by Gasteiger charge is 2.28. The summed E-state index contributed by atoms with van der Waals surface area (Å²) in [6, 6.07) is 4.06. The number of carbonyl (C=O) groups is 1. The minimum Gasteiger partial charge on any atom is -0.368 e. The molecule has 1 amide bonds. The molecule has 0 bridgehead atoms. The van der Waals surface area contributed by atoms with Gasteiger partial charge in [0.15, 0.2) is 0 Å². The molecule has 3 heterocycles. The fourth-order valence-corrected chi connectivity index (χ4v) is 4.54. The number of hydrogen-bond acceptors (Lipinski definition) is 5. The van der Waals surface area contributed by atoms with Crippen LogP contribution < -0.4 is 5.32 Å². The van der Waals surface area contributed by atoms with Crippen molar-refractivity contribution in [2.45, 2.75) is 70.3 Å². The molecule has 0 radical (unpaired) electrons. The predicted octanol–water partition coefficient (Wildman–Crippen LogP) is 4.23. The number of hydrogen-bond donors (Lipinski definition) is 1. The molecule has 160 valence electrons. The second-order valence-electron chi connectivity index (χ2n) is 8.88. The lowest BCUT2D eigenvalue weighted by atomic mass is 9.79. The SMILES string of the molecule is CC(C)c1ncc(-c2ccncc2)c(C2CCC(CNC(=O)C3CCCO3)CC2)n1. The van der Waals surface area contributed by atoms with Crippen molar-refractivity contribution in [1.29, 1.82) is 0 Å². The first-order valence-electron chi connectivity index (χ1n) is 11.3. The van der Waals surface area contributed by atoms with Gasteiger partial charge in [-0.1, -0.05) is 13.8 Å². The average molecular weight is 409 g/mol. The maximum atomic E-state index is 12.2. The summed E-state index contributed by atoms with van der Waals surface area (Å²) in [5.41, 5.74) is 3.42. The molecule has 1 aliphatic carbocycles. The molecular formula is C24H32N4O2. The lowest BCUT2D eigenvalue weighted by Crippen LogP contribution is -2.37. The van der Waals surface area contributed by atoms with Gasteiger partial charge in [-0.3, -0.25) is 9.78 Å². The van der Waals surface area contributed by atoms with Crippen LogP contribution in [0.1, 0.15) is 75.7 Å². The Kier molecular flexibility index (Phi) is 6.72. The number of ether oxygens (including phenoxy) is 1. The summed E-state index contributed by atoms with van der Waals surface area (Å²) >= 11 is 0. The first-order valence-corrected chi connectivity index (χ1v) is 11.3. The van der Waals surface area contributed by atoms with Gasteiger partial charge < -0.3 is 10.1 Å². The monoisotopic (exact) mass is 408 g/mol. The highest BCUT2D eigenvalue weighted by molar-refractivity contribution is 5.80. The first-order chi connectivity index (χ1) is 14.6. The number of nitrogens with zero attached hydrogens (tertiary/aromatic N) is 3. The largest absolute Gasteiger partial charge is 0.368 e. The van der Waals surface area contributed by atoms with Crippen LogP contribution in [-0.4, -0.2) is 40.1 Å². The van der Waals surface area contributed by atoms with E-state index in [2.05, 4.69) is 29.1 Å². The van der Waals surface area contributed by atoms with Crippen molar-refractivity contribution in [3.63, 3.8) is 0 Å². The summed E-state index contributed by atoms with van der Waals surface area (Å²) in [5, 5.41) is 3.11. The quantitative estimate of drug-likeness (QED) is 0.774. The molecule has 0 aromatic carbocycles. The normalized spacial score (nSPS) is 24.2. The molecule has 0 spiro atoms. The van der Waals surface area contributed by atoms with Crippen LogP contribution in [0.25, 0.3) is 11.1 Å². The molecule has 6 nitrogen and oxygen atoms in total. The molecule has 1 atom stereocenters. The predicted molar refractivity (Wildman–Crippen MR) is 116 cm³/mol. The van der Waals surface area contributed by atoms with E-state index in [1.54, 1.807) is 0 Å². The Bertz CT molecular complexity index is 842. The van der Waals surface area contributed by atoms with Crippen molar-refractivity contribution >= 4 is 5.91 Å². The number of rotatable bonds is 6. The molecule has 1 saturated heterocycles. The highest BCUT2D eigenvalue weighted by Crippen LogP contribution is 2.39. The molecule has 1 saturated carbocycles. The van der Waals surface area contributed by atoms with Crippen molar-refractivity contribution in [1.82, 2.24) is 20.3 Å². The Morgan fingerprint density at radius 3 is 2.60 bits per heavy atom. The Hall–Kier alpha value is -2.34. The van der Waals surface area contributed by atoms with Crippen LogP contribution in [0.15, 0.2) is 30.7 Å². The van der Waals surface area contributed by atoms with Gasteiger partial charge in [-0.15, -0.1) is 0 Å². The molecule has 2 fully saturated rings. The summed E-state index contributed by atoms with van der Waals surface area (Å²) < 4.78 is 5.48. The van der Waals surface area contributed by atoms with Crippen molar-refractivity contribution in [2.24, 2.45) is 5.92 Å². The third-order valence-electron chi connectivity index (χ3n) is 6.37. The minimum atomic E-state index is -0.236. The van der Waals surface area contributed by atoms with E-state index in [-0.39, 0.29) is 12.0 Å². The van der Waals surface area contributed by atoms with E-state index in [1.165, 1.54) is 5.69 Å². The first kappa shape index (κ1) is 20.9. The molecule has 2 aromatic heterocycles. The summed E-state index contributed by atoms with van der Waals surface area (Å²) in [6.07, 6.45) is 11.6. The van der Waals surface area contributed by atoms with Crippen LogP contribution >= 0.6 is 0 Å². The van der Waals surface area contributed by atoms with Crippen LogP contribution in [0.4, 0.5) is 0 Å². The van der Waals surface area contributed by atoms with E-state index in [9.17, 15) is 4.79 Å². The number of amides is 1. The summed E-state index contributed by atoms with van der Waals surface area (Å²) in [4.78, 5) is 26.0. The molecule has 6 heteroatoms. The van der Waals surface area contributed by atoms with E-state index in [1.807, 2.05) is 30.7 Å². The van der Waals surface area contributed by atoms with Gasteiger partial charge in [-0.2, -0.15) is 0 Å². The van der Waals surface area contributed by atoms with Crippen molar-refractivity contribution < 1.29 is 9.53 Å². The van der Waals surface area contributed by atoms with Crippen LogP contribution in [0.3, 0.4) is 0 Å². The zero-order chi connectivity index (χ0) is 20.9. The molecule has 1 aliphatic heterocycles. The fourth-order valence-electron chi connectivity index (χ4n) is 4.54. The third kappa shape index (κ3) is 4.86. The van der Waals surface area contributed by atoms with Crippen molar-refractivity contribution in [3.8, 4) is 11.1 Å². The van der Waals surface area contributed by atoms with Gasteiger partial charge in [-0.05, 0) is 62.1 Å². The van der Waals surface area contributed by atoms with Gasteiger partial charge in [0, 0.05) is 49.1 Å². The highest BCUT2D eigenvalue weighted by atomic mass is 16.5. The Morgan fingerprint density at radius 2 is 1.93 bits per heavy atom. The van der Waals surface area contributed by atoms with E-state index in [0.29, 0.717) is 24.4 Å². The fraction of sp³-hybridized carbons (Fsp3) is 0.583. The minimum absolute atomic E-state index is 0.0620. The lowest BCUT2D eigenvalue weighted by molar-refractivity contribution is -0.130. The maximum Gasteiger partial charge on any atom is 0.249 e. The van der Waals surface area contributed by atoms with E-state index in [0.717, 1.165) is 62.0 Å². The van der Waals surface area contributed by atoms with E-state index in [4.69, 9.17) is 9.72 Å². The number of nitrogens with one attached hydrogen (secondary N) is 1. The van der Waals surface area contributed by atoms with Crippen LogP contribution in [0.2, 0.25) is 0 Å². The number of carbonyl (C=O) groups excluding carboxylic acids is 1. The second kappa shape index (κ2) is 9.65. The van der Waals surface area contributed by atoms with E-state index >= 15 is 0 Å².